The van der Waals surface area contributed by atoms with Crippen LogP contribution in [0, 0.1) is 11.8 Å². The molecule has 2 atom stereocenters. The topological polar surface area (TPSA) is 37.4 Å². The highest BCUT2D eigenvalue weighted by molar-refractivity contribution is 8.03. The van der Waals surface area contributed by atoms with Gasteiger partial charge in [-0.15, -0.1) is 0 Å². The van der Waals surface area contributed by atoms with Gasteiger partial charge < -0.3 is 0 Å². The zero-order valence-electron chi connectivity index (χ0n) is 8.03. The number of hydrogen-bond acceptors (Lipinski definition) is 3. The predicted molar refractivity (Wildman–Crippen MR) is 65.1 cm³/mol. The van der Waals surface area contributed by atoms with Crippen molar-refractivity contribution in [2.75, 3.05) is 0 Å². The summed E-state index contributed by atoms with van der Waals surface area (Å²) in [5, 5.41) is 0. The first-order chi connectivity index (χ1) is 7.38. The monoisotopic (exact) mass is 299 g/mol. The fourth-order valence-electron chi connectivity index (χ4n) is 1.89. The Balaban J connectivity index is 2.22. The molecule has 1 aliphatic carbocycles. The number of carbonyl (C=O) groups excluding carboxylic acids is 2. The third-order valence-electron chi connectivity index (χ3n) is 2.59. The van der Waals surface area contributed by atoms with Crippen molar-refractivity contribution >= 4 is 58.6 Å². The van der Waals surface area contributed by atoms with Gasteiger partial charge >= 0.3 is 0 Å². The van der Waals surface area contributed by atoms with Crippen molar-refractivity contribution < 1.29 is 9.59 Å². The molecule has 0 N–H and O–H groups in total. The molecule has 0 aromatic heterocycles. The minimum atomic E-state index is -1.69. The van der Waals surface area contributed by atoms with E-state index in [1.54, 1.807) is 0 Å². The van der Waals surface area contributed by atoms with E-state index in [2.05, 4.69) is 0 Å². The molecule has 2 amide bonds. The van der Waals surface area contributed by atoms with E-state index < -0.39 is 3.12 Å². The van der Waals surface area contributed by atoms with Gasteiger partial charge in [0, 0.05) is 17.9 Å². The molecule has 2 aliphatic rings. The van der Waals surface area contributed by atoms with E-state index in [1.807, 2.05) is 12.2 Å². The Bertz CT molecular complexity index is 366. The van der Waals surface area contributed by atoms with Gasteiger partial charge in [0.2, 0.25) is 11.8 Å². The number of piperidine rings is 1. The molecule has 7 heteroatoms. The molecule has 3 nitrogen and oxygen atoms in total. The molecular weight excluding hydrogens is 293 g/mol. The fraction of sp³-hybridized carbons (Fsp3) is 0.556. The Morgan fingerprint density at radius 2 is 2.00 bits per heavy atom. The second-order valence-corrected chi connectivity index (χ2v) is 7.82. The van der Waals surface area contributed by atoms with Crippen LogP contribution in [0.15, 0.2) is 12.2 Å². The normalized spacial score (nSPS) is 29.8. The van der Waals surface area contributed by atoms with Gasteiger partial charge in [-0.2, -0.15) is 0 Å². The largest absolute Gasteiger partial charge is 0.273 e. The number of fused-ring (bicyclic) bond motifs is 2. The van der Waals surface area contributed by atoms with Gasteiger partial charge in [-0.05, 0) is 12.8 Å². The van der Waals surface area contributed by atoms with Crippen molar-refractivity contribution in [3.63, 3.8) is 0 Å². The Morgan fingerprint density at radius 3 is 2.62 bits per heavy atom. The van der Waals surface area contributed by atoms with E-state index >= 15 is 0 Å². The number of alkyl halides is 3. The van der Waals surface area contributed by atoms with Crippen molar-refractivity contribution in [2.45, 2.75) is 16.0 Å². The van der Waals surface area contributed by atoms with E-state index in [0.717, 1.165) is 4.31 Å². The summed E-state index contributed by atoms with van der Waals surface area (Å²) in [7, 11) is 0. The van der Waals surface area contributed by atoms with Gasteiger partial charge in [0.05, 0.1) is 5.92 Å². The lowest BCUT2D eigenvalue weighted by atomic mass is 9.82. The van der Waals surface area contributed by atoms with Crippen LogP contribution in [0.4, 0.5) is 0 Å². The molecule has 0 unspecified atom stereocenters. The van der Waals surface area contributed by atoms with Gasteiger partial charge in [-0.25, -0.2) is 4.31 Å². The molecule has 2 bridgehead atoms. The van der Waals surface area contributed by atoms with E-state index in [4.69, 9.17) is 34.8 Å². The number of hydrogen-bond donors (Lipinski definition) is 0. The van der Waals surface area contributed by atoms with Crippen molar-refractivity contribution in [3.8, 4) is 0 Å². The number of carbonyl (C=O) groups is 2. The zero-order chi connectivity index (χ0) is 11.9. The highest BCUT2D eigenvalue weighted by Gasteiger charge is 2.44. The molecule has 16 heavy (non-hydrogen) atoms. The highest BCUT2D eigenvalue weighted by Crippen LogP contribution is 2.45. The summed E-state index contributed by atoms with van der Waals surface area (Å²) in [6, 6.07) is 0. The molecule has 0 aromatic carbocycles. The van der Waals surface area contributed by atoms with Gasteiger partial charge in [-0.1, -0.05) is 47.0 Å². The van der Waals surface area contributed by atoms with Crippen LogP contribution in [-0.4, -0.2) is 19.2 Å². The number of rotatable bonds is 1. The van der Waals surface area contributed by atoms with Crippen LogP contribution in [0.3, 0.4) is 0 Å². The second kappa shape index (κ2) is 4.41. The average molecular weight is 301 g/mol. The molecule has 88 valence electrons. The van der Waals surface area contributed by atoms with E-state index in [0.29, 0.717) is 24.8 Å². The average Bonchev–Trinajstić information content (AvgIpc) is 2.21. The summed E-state index contributed by atoms with van der Waals surface area (Å²) in [5.74, 6) is -0.973. The number of imide groups is 1. The maximum absolute atomic E-state index is 11.9. The van der Waals surface area contributed by atoms with Gasteiger partial charge in [0.1, 0.15) is 0 Å². The first-order valence-electron chi connectivity index (χ1n) is 4.69. The van der Waals surface area contributed by atoms with Gasteiger partial charge in [0.25, 0.3) is 3.12 Å². The lowest BCUT2D eigenvalue weighted by Gasteiger charge is -2.36. The van der Waals surface area contributed by atoms with Gasteiger partial charge in [-0.3, -0.25) is 9.59 Å². The van der Waals surface area contributed by atoms with Crippen LogP contribution in [0.25, 0.3) is 0 Å². The smallest absolute Gasteiger partial charge is 0.256 e. The van der Waals surface area contributed by atoms with Crippen LogP contribution in [0.2, 0.25) is 0 Å². The SMILES string of the molecule is O=C1[C@@H]2CC=C[C@@H](C2)C(=O)N1SC(Cl)(Cl)Cl. The van der Waals surface area contributed by atoms with Crippen LogP contribution in [-0.2, 0) is 9.59 Å². The van der Waals surface area contributed by atoms with Crippen LogP contribution >= 0.6 is 46.8 Å². The Kier molecular flexibility index (Phi) is 3.46. The summed E-state index contributed by atoms with van der Waals surface area (Å²) in [6.45, 7) is 0. The molecule has 2 rings (SSSR count). The number of nitrogens with zero attached hydrogens (tertiary/aromatic N) is 1. The molecule has 0 aromatic rings. The molecule has 1 saturated heterocycles. The van der Waals surface area contributed by atoms with Crippen molar-refractivity contribution in [3.05, 3.63) is 12.2 Å². The van der Waals surface area contributed by atoms with Crippen LogP contribution < -0.4 is 0 Å². The molecule has 1 aliphatic heterocycles. The molecular formula is C9H8Cl3NO2S. The molecule has 0 saturated carbocycles. The lowest BCUT2D eigenvalue weighted by molar-refractivity contribution is -0.147. The van der Waals surface area contributed by atoms with Crippen molar-refractivity contribution in [2.24, 2.45) is 11.8 Å². The molecule has 1 heterocycles. The zero-order valence-corrected chi connectivity index (χ0v) is 11.1. The summed E-state index contributed by atoms with van der Waals surface area (Å²) >= 11 is 17.4. The Hall–Kier alpha value is 0.1000. The first-order valence-corrected chi connectivity index (χ1v) is 6.59. The van der Waals surface area contributed by atoms with E-state index in [9.17, 15) is 9.59 Å². The minimum absolute atomic E-state index is 0.160. The molecule has 0 radical (unpaired) electrons. The summed E-state index contributed by atoms with van der Waals surface area (Å²) in [5.41, 5.74) is 0. The lowest BCUT2D eigenvalue weighted by Crippen LogP contribution is -2.47. The quantitative estimate of drug-likeness (QED) is 0.323. The summed E-state index contributed by atoms with van der Waals surface area (Å²) < 4.78 is -0.698. The minimum Gasteiger partial charge on any atom is -0.273 e. The Labute approximate surface area is 112 Å². The molecule has 0 spiro atoms. The highest BCUT2D eigenvalue weighted by atomic mass is 35.6. The van der Waals surface area contributed by atoms with E-state index in [-0.39, 0.29) is 23.7 Å². The predicted octanol–water partition coefficient (Wildman–Crippen LogP) is 2.91. The maximum atomic E-state index is 11.9. The standard InChI is InChI=1S/C9H8Cl3NO2S/c10-9(11,12)16-13-7(14)5-2-1-3-6(4-5)8(13)15/h1-2,5-6H,3-4H2/t5-,6+/m0/s1. The molecule has 1 fully saturated rings. The summed E-state index contributed by atoms with van der Waals surface area (Å²) in [6.07, 6.45) is 4.91. The number of halogens is 3. The second-order valence-electron chi connectivity index (χ2n) is 3.71. The van der Waals surface area contributed by atoms with Crippen molar-refractivity contribution in [1.82, 2.24) is 4.31 Å². The number of amides is 2. The third kappa shape index (κ3) is 2.50. The maximum Gasteiger partial charge on any atom is 0.256 e. The van der Waals surface area contributed by atoms with Gasteiger partial charge in [0.15, 0.2) is 0 Å². The summed E-state index contributed by atoms with van der Waals surface area (Å²) in [4.78, 5) is 23.8. The number of allylic oxidation sites excluding steroid dienone is 1. The third-order valence-corrected chi connectivity index (χ3v) is 3.96. The van der Waals surface area contributed by atoms with E-state index in [1.165, 1.54) is 0 Å². The Morgan fingerprint density at radius 1 is 1.31 bits per heavy atom. The van der Waals surface area contributed by atoms with Crippen LogP contribution in [0.5, 0.6) is 0 Å². The van der Waals surface area contributed by atoms with Crippen LogP contribution in [0.1, 0.15) is 12.8 Å². The fourth-order valence-corrected chi connectivity index (χ4v) is 3.18. The van der Waals surface area contributed by atoms with Crippen molar-refractivity contribution in [1.29, 1.82) is 0 Å². The first kappa shape index (κ1) is 12.6.